The number of aromatic hydroxyl groups is 1. The van der Waals surface area contributed by atoms with Crippen molar-refractivity contribution in [3.8, 4) is 5.75 Å². The molecule has 8 nitrogen and oxygen atoms in total. The van der Waals surface area contributed by atoms with Gasteiger partial charge in [0.05, 0.1) is 9.92 Å². The number of rotatable bonds is 7. The van der Waals surface area contributed by atoms with Crippen LogP contribution in [0.2, 0.25) is 5.02 Å². The minimum atomic E-state index is -4.65. The number of hydrogen-bond donors (Lipinski definition) is 2. The van der Waals surface area contributed by atoms with E-state index in [2.05, 4.69) is 5.32 Å². The summed E-state index contributed by atoms with van der Waals surface area (Å²) in [7, 11) is -4.65. The number of nitrogens with zero attached hydrogens (tertiary/aromatic N) is 1. The predicted octanol–water partition coefficient (Wildman–Crippen LogP) is 4.10. The Morgan fingerprint density at radius 1 is 1.24 bits per heavy atom. The first-order chi connectivity index (χ1) is 17.0. The lowest BCUT2D eigenvalue weighted by Gasteiger charge is -2.33. The Labute approximate surface area is 225 Å². The van der Waals surface area contributed by atoms with Gasteiger partial charge in [-0.05, 0) is 76.6 Å². The van der Waals surface area contributed by atoms with Crippen molar-refractivity contribution in [2.45, 2.75) is 68.5 Å². The number of ether oxygens (including phenoxy) is 1. The number of benzene rings is 2. The van der Waals surface area contributed by atoms with Gasteiger partial charge in [0.2, 0.25) is 0 Å². The van der Waals surface area contributed by atoms with E-state index in [0.717, 1.165) is 24.3 Å². The molecule has 2 N–H and O–H groups in total. The summed E-state index contributed by atoms with van der Waals surface area (Å²) in [4.78, 5) is 27.0. The maximum Gasteiger partial charge on any atom is 0.330 e. The number of phenolic OH excluding ortho intramolecular Hbond substituents is 1. The van der Waals surface area contributed by atoms with E-state index in [1.54, 1.807) is 20.8 Å². The van der Waals surface area contributed by atoms with Crippen LogP contribution >= 0.6 is 23.4 Å². The second-order valence-electron chi connectivity index (χ2n) is 10.4. The molecule has 1 heterocycles. The molecule has 3 rings (SSSR count). The van der Waals surface area contributed by atoms with Gasteiger partial charge in [0.1, 0.15) is 28.6 Å². The summed E-state index contributed by atoms with van der Waals surface area (Å²) in [5.74, 6) is -2.13. The second-order valence-corrected chi connectivity index (χ2v) is 13.7. The lowest BCUT2D eigenvalue weighted by molar-refractivity contribution is -0.161. The van der Waals surface area contributed by atoms with Gasteiger partial charge in [0.25, 0.3) is 15.9 Å². The van der Waals surface area contributed by atoms with E-state index in [-0.39, 0.29) is 22.1 Å². The average Bonchev–Trinajstić information content (AvgIpc) is 3.14. The van der Waals surface area contributed by atoms with Gasteiger partial charge in [-0.2, -0.15) is 0 Å². The zero-order valence-electron chi connectivity index (χ0n) is 21.1. The van der Waals surface area contributed by atoms with E-state index < -0.39 is 50.3 Å². The minimum Gasteiger partial charge on any atom is -0.506 e. The Morgan fingerprint density at radius 2 is 1.86 bits per heavy atom. The zero-order valence-corrected chi connectivity index (χ0v) is 23.5. The summed E-state index contributed by atoms with van der Waals surface area (Å²) < 4.78 is 47.5. The number of carbonyl (C=O) groups is 2. The van der Waals surface area contributed by atoms with Crippen LogP contribution in [0.25, 0.3) is 0 Å². The number of sulfonamides is 1. The smallest absolute Gasteiger partial charge is 0.330 e. The fourth-order valence-electron chi connectivity index (χ4n) is 3.67. The fraction of sp³-hybridized carbons (Fsp3) is 0.440. The van der Waals surface area contributed by atoms with Crippen LogP contribution < -0.4 is 5.32 Å². The van der Waals surface area contributed by atoms with Gasteiger partial charge >= 0.3 is 5.97 Å². The van der Waals surface area contributed by atoms with Gasteiger partial charge in [0.15, 0.2) is 0 Å². The number of nitrogens with one attached hydrogen (secondary N) is 1. The van der Waals surface area contributed by atoms with Gasteiger partial charge in [0, 0.05) is 17.7 Å². The molecule has 37 heavy (non-hydrogen) atoms. The van der Waals surface area contributed by atoms with Crippen molar-refractivity contribution < 1.29 is 32.2 Å². The molecule has 0 bridgehead atoms. The van der Waals surface area contributed by atoms with Crippen LogP contribution in [0.4, 0.5) is 4.39 Å². The highest BCUT2D eigenvalue weighted by molar-refractivity contribution is 8.01. The summed E-state index contributed by atoms with van der Waals surface area (Å²) in [6.45, 7) is 8.61. The Kier molecular flexibility index (Phi) is 8.53. The molecular weight excluding hydrogens is 543 g/mol. The molecule has 1 saturated heterocycles. The Bertz CT molecular complexity index is 1280. The highest BCUT2D eigenvalue weighted by atomic mass is 35.5. The van der Waals surface area contributed by atoms with E-state index in [4.69, 9.17) is 16.3 Å². The standard InChI is InChI=1S/C25H30ClFN2O6S2/c1-24(2,3)35-23(32)19(13-15-6-11-20(30)18(26)12-15)29(22(31)21-28-25(4,5)14-36-21)37(33,34)17-9-7-16(27)8-10-17/h6-12,19,21,28,30H,13-14H2,1-5H3/t19-,21-/m0/s1. The van der Waals surface area contributed by atoms with Gasteiger partial charge < -0.3 is 9.84 Å². The number of thioether (sulfide) groups is 1. The maximum absolute atomic E-state index is 13.9. The van der Waals surface area contributed by atoms with E-state index >= 15 is 0 Å². The maximum atomic E-state index is 13.9. The van der Waals surface area contributed by atoms with Crippen LogP contribution in [-0.2, 0) is 30.8 Å². The van der Waals surface area contributed by atoms with Gasteiger partial charge in [-0.3, -0.25) is 10.1 Å². The third-order valence-corrected chi connectivity index (χ3v) is 9.01. The number of amides is 1. The number of hydrogen-bond acceptors (Lipinski definition) is 8. The van der Waals surface area contributed by atoms with Crippen LogP contribution in [0.5, 0.6) is 5.75 Å². The normalized spacial score (nSPS) is 18.3. The lowest BCUT2D eigenvalue weighted by atomic mass is 10.0. The monoisotopic (exact) mass is 572 g/mol. The molecule has 1 aliphatic heterocycles. The largest absolute Gasteiger partial charge is 0.506 e. The lowest BCUT2D eigenvalue weighted by Crippen LogP contribution is -2.56. The van der Waals surface area contributed by atoms with Crippen molar-refractivity contribution in [1.82, 2.24) is 9.62 Å². The van der Waals surface area contributed by atoms with Crippen molar-refractivity contribution in [1.29, 1.82) is 0 Å². The minimum absolute atomic E-state index is 0.00512. The van der Waals surface area contributed by atoms with Crippen molar-refractivity contribution in [2.24, 2.45) is 0 Å². The van der Waals surface area contributed by atoms with Gasteiger partial charge in [-0.1, -0.05) is 17.7 Å². The van der Waals surface area contributed by atoms with Crippen molar-refractivity contribution >= 4 is 45.3 Å². The highest BCUT2D eigenvalue weighted by Crippen LogP contribution is 2.32. The molecule has 202 valence electrons. The van der Waals surface area contributed by atoms with E-state index in [1.807, 2.05) is 13.8 Å². The zero-order chi connectivity index (χ0) is 27.8. The average molecular weight is 573 g/mol. The Balaban J connectivity index is 2.16. The van der Waals surface area contributed by atoms with Crippen molar-refractivity contribution in [2.75, 3.05) is 5.75 Å². The number of carbonyl (C=O) groups excluding carboxylic acids is 2. The summed E-state index contributed by atoms with van der Waals surface area (Å²) >= 11 is 7.27. The predicted molar refractivity (Wildman–Crippen MR) is 140 cm³/mol. The second kappa shape index (κ2) is 10.8. The van der Waals surface area contributed by atoms with Crippen LogP contribution in [0.3, 0.4) is 0 Å². The van der Waals surface area contributed by atoms with E-state index in [1.165, 1.54) is 30.0 Å². The molecule has 2 aromatic carbocycles. The third kappa shape index (κ3) is 7.16. The summed E-state index contributed by atoms with van der Waals surface area (Å²) in [6.07, 6.45) is -0.276. The van der Waals surface area contributed by atoms with E-state index in [0.29, 0.717) is 15.6 Å². The van der Waals surface area contributed by atoms with E-state index in [9.17, 15) is 27.5 Å². The molecule has 0 spiro atoms. The van der Waals surface area contributed by atoms with Crippen LogP contribution in [0, 0.1) is 5.82 Å². The molecule has 0 unspecified atom stereocenters. The van der Waals surface area contributed by atoms with Crippen LogP contribution in [0.15, 0.2) is 47.4 Å². The molecule has 0 radical (unpaired) electrons. The van der Waals surface area contributed by atoms with Crippen LogP contribution in [-0.4, -0.2) is 58.0 Å². The number of esters is 1. The quantitative estimate of drug-likeness (QED) is 0.477. The van der Waals surface area contributed by atoms with Gasteiger partial charge in [-0.15, -0.1) is 11.8 Å². The molecular formula is C25H30ClFN2O6S2. The molecule has 1 aliphatic rings. The summed E-state index contributed by atoms with van der Waals surface area (Å²) in [6, 6.07) is 6.54. The fourth-order valence-corrected chi connectivity index (χ4v) is 6.81. The first-order valence-corrected chi connectivity index (χ1v) is 14.3. The molecule has 2 atom stereocenters. The molecule has 1 fully saturated rings. The molecule has 0 aromatic heterocycles. The molecule has 1 amide bonds. The Hall–Kier alpha value is -2.34. The Morgan fingerprint density at radius 3 is 2.38 bits per heavy atom. The summed E-state index contributed by atoms with van der Waals surface area (Å²) in [5, 5.41) is 11.9. The first kappa shape index (κ1) is 29.2. The first-order valence-electron chi connectivity index (χ1n) is 11.4. The SMILES string of the molecule is CC1(C)CS[C@@H](C(=O)N([C@@H](Cc2ccc(O)c(Cl)c2)C(=O)OC(C)(C)C)S(=O)(=O)c2ccc(F)cc2)N1. The number of halogens is 2. The summed E-state index contributed by atoms with van der Waals surface area (Å²) in [5.41, 5.74) is -1.06. The molecule has 0 saturated carbocycles. The number of phenols is 1. The van der Waals surface area contributed by atoms with Crippen molar-refractivity contribution in [3.05, 3.63) is 58.9 Å². The molecule has 2 aromatic rings. The van der Waals surface area contributed by atoms with Crippen molar-refractivity contribution in [3.63, 3.8) is 0 Å². The topological polar surface area (TPSA) is 113 Å². The molecule has 12 heteroatoms. The van der Waals surface area contributed by atoms with Gasteiger partial charge in [-0.25, -0.2) is 21.9 Å². The highest BCUT2D eigenvalue weighted by Gasteiger charge is 2.47. The van der Waals surface area contributed by atoms with Crippen LogP contribution in [0.1, 0.15) is 40.2 Å². The third-order valence-electron chi connectivity index (χ3n) is 5.35. The molecule has 0 aliphatic carbocycles.